The van der Waals surface area contributed by atoms with Gasteiger partial charge in [-0.3, -0.25) is 4.79 Å². The minimum atomic E-state index is -0.443. The Bertz CT molecular complexity index is 720. The normalized spacial score (nSPS) is 15.6. The maximum Gasteiger partial charge on any atom is 0.235 e. The van der Waals surface area contributed by atoms with Crippen molar-refractivity contribution in [3.63, 3.8) is 0 Å². The maximum atomic E-state index is 13.1. The fraction of sp³-hybridized carbons (Fsp3) is 0.429. The summed E-state index contributed by atoms with van der Waals surface area (Å²) in [7, 11) is 1.63. The van der Waals surface area contributed by atoms with Crippen molar-refractivity contribution in [3.05, 3.63) is 53.7 Å². The Morgan fingerprint density at radius 2 is 1.85 bits per heavy atom. The van der Waals surface area contributed by atoms with E-state index in [1.807, 2.05) is 6.07 Å². The van der Waals surface area contributed by atoms with Gasteiger partial charge in [-0.2, -0.15) is 0 Å². The number of carbonyl (C=O) groups excluding carboxylic acids is 1. The van der Waals surface area contributed by atoms with E-state index in [2.05, 4.69) is 41.5 Å². The van der Waals surface area contributed by atoms with Gasteiger partial charge in [-0.25, -0.2) is 4.98 Å². The first-order valence-electron chi connectivity index (χ1n) is 9.10. The highest BCUT2D eigenvalue weighted by Crippen LogP contribution is 2.42. The third-order valence-corrected chi connectivity index (χ3v) is 5.03. The SMILES string of the molecule is COCCOc1ccc(NC(=O)C2(c3ccc(C)cc3)CCCC2)cn1. The lowest BCUT2D eigenvalue weighted by atomic mass is 9.77. The first kappa shape index (κ1) is 18.4. The largest absolute Gasteiger partial charge is 0.475 e. The number of ether oxygens (including phenoxy) is 2. The van der Waals surface area contributed by atoms with Gasteiger partial charge < -0.3 is 14.8 Å². The van der Waals surface area contributed by atoms with Crippen molar-refractivity contribution in [1.82, 2.24) is 4.98 Å². The summed E-state index contributed by atoms with van der Waals surface area (Å²) in [6, 6.07) is 11.9. The maximum absolute atomic E-state index is 13.1. The number of methoxy groups -OCH3 is 1. The second-order valence-corrected chi connectivity index (χ2v) is 6.84. The summed E-state index contributed by atoms with van der Waals surface area (Å²) in [6.45, 7) is 3.03. The molecular formula is C21H26N2O3. The van der Waals surface area contributed by atoms with Crippen LogP contribution in [0.1, 0.15) is 36.8 Å². The number of hydrogen-bond donors (Lipinski definition) is 1. The fourth-order valence-corrected chi connectivity index (χ4v) is 3.52. The van der Waals surface area contributed by atoms with Gasteiger partial charge in [0.15, 0.2) is 0 Å². The molecule has 1 N–H and O–H groups in total. The minimum Gasteiger partial charge on any atom is -0.475 e. The Balaban J connectivity index is 1.71. The molecule has 1 heterocycles. The Morgan fingerprint density at radius 1 is 1.12 bits per heavy atom. The Morgan fingerprint density at radius 3 is 2.46 bits per heavy atom. The number of aromatic nitrogens is 1. The molecule has 0 radical (unpaired) electrons. The zero-order valence-corrected chi connectivity index (χ0v) is 15.5. The van der Waals surface area contributed by atoms with Crippen LogP contribution in [0.5, 0.6) is 5.88 Å². The molecule has 26 heavy (non-hydrogen) atoms. The molecule has 0 saturated heterocycles. The number of aryl methyl sites for hydroxylation is 1. The van der Waals surface area contributed by atoms with Crippen molar-refractivity contribution in [2.75, 3.05) is 25.6 Å². The van der Waals surface area contributed by atoms with Gasteiger partial charge in [0, 0.05) is 13.2 Å². The quantitative estimate of drug-likeness (QED) is 0.767. The third-order valence-electron chi connectivity index (χ3n) is 5.03. The van der Waals surface area contributed by atoms with Gasteiger partial charge in [0.2, 0.25) is 11.8 Å². The van der Waals surface area contributed by atoms with Gasteiger partial charge in [0.1, 0.15) is 6.61 Å². The lowest BCUT2D eigenvalue weighted by Crippen LogP contribution is -2.38. The molecule has 5 heteroatoms. The minimum absolute atomic E-state index is 0.0497. The summed E-state index contributed by atoms with van der Waals surface area (Å²) in [5.74, 6) is 0.572. The molecule has 1 aromatic heterocycles. The molecule has 1 amide bonds. The molecule has 1 aliphatic rings. The number of benzene rings is 1. The van der Waals surface area contributed by atoms with Crippen LogP contribution in [0, 0.1) is 6.92 Å². The standard InChI is InChI=1S/C21H26N2O3/c1-16-5-7-17(8-6-16)21(11-3-4-12-21)20(24)23-18-9-10-19(22-15-18)26-14-13-25-2/h5-10,15H,3-4,11-14H2,1-2H3,(H,23,24). The van der Waals surface area contributed by atoms with Crippen LogP contribution in [0.3, 0.4) is 0 Å². The van der Waals surface area contributed by atoms with Crippen LogP contribution in [0.25, 0.3) is 0 Å². The van der Waals surface area contributed by atoms with Crippen LogP contribution in [0.2, 0.25) is 0 Å². The number of nitrogens with one attached hydrogen (secondary N) is 1. The van der Waals surface area contributed by atoms with E-state index in [4.69, 9.17) is 9.47 Å². The van der Waals surface area contributed by atoms with Crippen molar-refractivity contribution in [2.45, 2.75) is 38.0 Å². The van der Waals surface area contributed by atoms with E-state index in [1.165, 1.54) is 5.56 Å². The van der Waals surface area contributed by atoms with E-state index in [0.717, 1.165) is 31.2 Å². The molecule has 0 spiro atoms. The van der Waals surface area contributed by atoms with Crippen LogP contribution in [0.4, 0.5) is 5.69 Å². The topological polar surface area (TPSA) is 60.5 Å². The van der Waals surface area contributed by atoms with Crippen LogP contribution in [0.15, 0.2) is 42.6 Å². The Labute approximate surface area is 154 Å². The van der Waals surface area contributed by atoms with Crippen LogP contribution >= 0.6 is 0 Å². The first-order valence-corrected chi connectivity index (χ1v) is 9.10. The lowest BCUT2D eigenvalue weighted by Gasteiger charge is -2.28. The summed E-state index contributed by atoms with van der Waals surface area (Å²) >= 11 is 0. The molecule has 0 aliphatic heterocycles. The van der Waals surface area contributed by atoms with Crippen LogP contribution < -0.4 is 10.1 Å². The molecule has 3 rings (SSSR count). The molecule has 0 atom stereocenters. The molecule has 1 aliphatic carbocycles. The van der Waals surface area contributed by atoms with Crippen molar-refractivity contribution in [2.24, 2.45) is 0 Å². The highest BCUT2D eigenvalue weighted by molar-refractivity contribution is 5.99. The van der Waals surface area contributed by atoms with Gasteiger partial charge in [0.25, 0.3) is 0 Å². The molecule has 1 aromatic carbocycles. The van der Waals surface area contributed by atoms with Crippen molar-refractivity contribution < 1.29 is 14.3 Å². The highest BCUT2D eigenvalue weighted by atomic mass is 16.5. The summed E-state index contributed by atoms with van der Waals surface area (Å²) in [6.07, 6.45) is 5.55. The van der Waals surface area contributed by atoms with Crippen LogP contribution in [-0.2, 0) is 14.9 Å². The van der Waals surface area contributed by atoms with Crippen molar-refractivity contribution in [1.29, 1.82) is 0 Å². The predicted molar refractivity (Wildman–Crippen MR) is 102 cm³/mol. The first-order chi connectivity index (χ1) is 12.6. The van der Waals surface area contributed by atoms with Gasteiger partial charge >= 0.3 is 0 Å². The van der Waals surface area contributed by atoms with E-state index >= 15 is 0 Å². The molecule has 0 bridgehead atoms. The monoisotopic (exact) mass is 354 g/mol. The molecular weight excluding hydrogens is 328 g/mol. The molecule has 1 saturated carbocycles. The lowest BCUT2D eigenvalue weighted by molar-refractivity contribution is -0.121. The highest BCUT2D eigenvalue weighted by Gasteiger charge is 2.42. The molecule has 138 valence electrons. The Hall–Kier alpha value is -2.40. The van der Waals surface area contributed by atoms with E-state index in [9.17, 15) is 4.79 Å². The number of carbonyl (C=O) groups is 1. The molecule has 1 fully saturated rings. The number of amides is 1. The van der Waals surface area contributed by atoms with Gasteiger partial charge in [-0.15, -0.1) is 0 Å². The smallest absolute Gasteiger partial charge is 0.235 e. The summed E-state index contributed by atoms with van der Waals surface area (Å²) in [4.78, 5) is 17.4. The van der Waals surface area contributed by atoms with Gasteiger partial charge in [-0.05, 0) is 31.4 Å². The second-order valence-electron chi connectivity index (χ2n) is 6.84. The summed E-state index contributed by atoms with van der Waals surface area (Å²) in [5.41, 5.74) is 2.55. The zero-order chi connectivity index (χ0) is 18.4. The number of pyridine rings is 1. The molecule has 2 aromatic rings. The van der Waals surface area contributed by atoms with E-state index in [-0.39, 0.29) is 5.91 Å². The average molecular weight is 354 g/mol. The third kappa shape index (κ3) is 4.05. The van der Waals surface area contributed by atoms with Gasteiger partial charge in [-0.1, -0.05) is 42.7 Å². The number of nitrogens with zero attached hydrogens (tertiary/aromatic N) is 1. The van der Waals surface area contributed by atoms with Crippen molar-refractivity contribution >= 4 is 11.6 Å². The predicted octanol–water partition coefficient (Wildman–Crippen LogP) is 3.87. The van der Waals surface area contributed by atoms with Gasteiger partial charge in [0.05, 0.1) is 23.9 Å². The fourth-order valence-electron chi connectivity index (χ4n) is 3.52. The van der Waals surface area contributed by atoms with Crippen LogP contribution in [-0.4, -0.2) is 31.2 Å². The number of rotatable bonds is 7. The second kappa shape index (κ2) is 8.32. The van der Waals surface area contributed by atoms with E-state index in [0.29, 0.717) is 24.8 Å². The van der Waals surface area contributed by atoms with E-state index < -0.39 is 5.41 Å². The molecule has 0 unspecified atom stereocenters. The van der Waals surface area contributed by atoms with E-state index in [1.54, 1.807) is 19.4 Å². The number of anilines is 1. The molecule has 5 nitrogen and oxygen atoms in total. The zero-order valence-electron chi connectivity index (χ0n) is 15.5. The number of hydrogen-bond acceptors (Lipinski definition) is 4. The average Bonchev–Trinajstić information content (AvgIpc) is 3.15. The summed E-state index contributed by atoms with van der Waals surface area (Å²) in [5, 5.41) is 3.05. The Kier molecular flexibility index (Phi) is 5.89. The summed E-state index contributed by atoms with van der Waals surface area (Å²) < 4.78 is 10.4. The van der Waals surface area contributed by atoms with Crippen molar-refractivity contribution in [3.8, 4) is 5.88 Å².